The van der Waals surface area contributed by atoms with Crippen molar-refractivity contribution < 1.29 is 19.7 Å². The summed E-state index contributed by atoms with van der Waals surface area (Å²) in [4.78, 5) is 11.5. The molecule has 0 saturated heterocycles. The van der Waals surface area contributed by atoms with Gasteiger partial charge in [-0.1, -0.05) is 96.1 Å². The van der Waals surface area contributed by atoms with Crippen molar-refractivity contribution >= 4 is 5.97 Å². The third kappa shape index (κ3) is 21.7. The largest absolute Gasteiger partial charge is 0.457 e. The van der Waals surface area contributed by atoms with Crippen molar-refractivity contribution in [1.29, 1.82) is 0 Å². The van der Waals surface area contributed by atoms with Gasteiger partial charge in [-0.05, 0) is 32.1 Å². The van der Waals surface area contributed by atoms with Crippen LogP contribution < -0.4 is 0 Å². The molecule has 0 atom stereocenters. The number of carbonyl (C=O) groups is 1. The Morgan fingerprint density at radius 3 is 1.55 bits per heavy atom. The Morgan fingerprint density at radius 2 is 1.10 bits per heavy atom. The van der Waals surface area contributed by atoms with Gasteiger partial charge in [0.2, 0.25) is 0 Å². The van der Waals surface area contributed by atoms with Gasteiger partial charge in [0.05, 0.1) is 13.2 Å². The van der Waals surface area contributed by atoms with Gasteiger partial charge in [0.15, 0.2) is 0 Å². The lowest BCUT2D eigenvalue weighted by atomic mass is 10.1. The molecule has 0 aromatic carbocycles. The molecular formula is C25H48O4. The molecule has 4 nitrogen and oxygen atoms in total. The minimum atomic E-state index is -0.765. The summed E-state index contributed by atoms with van der Waals surface area (Å²) in [7, 11) is 0. The van der Waals surface area contributed by atoms with Crippen LogP contribution in [0.1, 0.15) is 122 Å². The fourth-order valence-corrected chi connectivity index (χ4v) is 3.42. The molecule has 0 aliphatic heterocycles. The van der Waals surface area contributed by atoms with E-state index < -0.39 is 6.10 Å². The zero-order chi connectivity index (χ0) is 21.4. The molecule has 0 heterocycles. The molecule has 0 radical (unpaired) electrons. The van der Waals surface area contributed by atoms with E-state index >= 15 is 0 Å². The molecule has 0 aliphatic carbocycles. The summed E-state index contributed by atoms with van der Waals surface area (Å²) < 4.78 is 4.94. The van der Waals surface area contributed by atoms with Gasteiger partial charge in [0.25, 0.3) is 0 Å². The van der Waals surface area contributed by atoms with Crippen molar-refractivity contribution in [3.8, 4) is 0 Å². The number of esters is 1. The molecule has 0 aliphatic rings. The molecule has 0 unspecified atom stereocenters. The minimum absolute atomic E-state index is 0.320. The Balaban J connectivity index is 3.22. The second-order valence-electron chi connectivity index (χ2n) is 8.23. The zero-order valence-electron chi connectivity index (χ0n) is 19.1. The Hall–Kier alpha value is -0.870. The minimum Gasteiger partial charge on any atom is -0.457 e. The number of unbranched alkanes of at least 4 members (excludes halogenated alkanes) is 15. The fourth-order valence-electron chi connectivity index (χ4n) is 3.42. The highest BCUT2D eigenvalue weighted by atomic mass is 16.6. The molecule has 0 spiro atoms. The second kappa shape index (κ2) is 23.4. The number of hydrogen-bond donors (Lipinski definition) is 2. The average molecular weight is 413 g/mol. The van der Waals surface area contributed by atoms with Crippen LogP contribution in [-0.4, -0.2) is 35.5 Å². The fraction of sp³-hybridized carbons (Fsp3) is 0.880. The van der Waals surface area contributed by atoms with Crippen molar-refractivity contribution in [3.05, 3.63) is 12.2 Å². The molecule has 0 saturated carbocycles. The number of hydrogen-bond acceptors (Lipinski definition) is 4. The van der Waals surface area contributed by atoms with Crippen LogP contribution in [0.15, 0.2) is 12.2 Å². The first-order chi connectivity index (χ1) is 14.2. The second-order valence-corrected chi connectivity index (χ2v) is 8.23. The summed E-state index contributed by atoms with van der Waals surface area (Å²) in [5.41, 5.74) is 0. The quantitative estimate of drug-likeness (QED) is 0.121. The number of aliphatic hydroxyl groups is 2. The van der Waals surface area contributed by atoms with E-state index in [9.17, 15) is 4.79 Å². The van der Waals surface area contributed by atoms with Gasteiger partial charge >= 0.3 is 5.97 Å². The molecule has 0 amide bonds. The van der Waals surface area contributed by atoms with Crippen LogP contribution in [-0.2, 0) is 9.53 Å². The Bertz CT molecular complexity index is 364. The van der Waals surface area contributed by atoms with E-state index in [1.54, 1.807) is 0 Å². The van der Waals surface area contributed by atoms with Crippen molar-refractivity contribution in [3.63, 3.8) is 0 Å². The summed E-state index contributed by atoms with van der Waals surface area (Å²) in [6.07, 6.45) is 26.0. The van der Waals surface area contributed by atoms with E-state index in [4.69, 9.17) is 14.9 Å². The molecule has 0 aromatic heterocycles. The van der Waals surface area contributed by atoms with Crippen LogP contribution in [0.5, 0.6) is 0 Å². The molecule has 4 heteroatoms. The van der Waals surface area contributed by atoms with Gasteiger partial charge in [0.1, 0.15) is 6.10 Å². The maximum atomic E-state index is 11.5. The highest BCUT2D eigenvalue weighted by Crippen LogP contribution is 2.12. The van der Waals surface area contributed by atoms with Crippen LogP contribution in [0, 0.1) is 0 Å². The van der Waals surface area contributed by atoms with Gasteiger partial charge in [-0.25, -0.2) is 0 Å². The predicted octanol–water partition coefficient (Wildman–Crippen LogP) is 6.48. The van der Waals surface area contributed by atoms with Gasteiger partial charge in [-0.2, -0.15) is 0 Å². The third-order valence-electron chi connectivity index (χ3n) is 5.35. The van der Waals surface area contributed by atoms with Crippen LogP contribution in [0.25, 0.3) is 0 Å². The smallest absolute Gasteiger partial charge is 0.306 e. The third-order valence-corrected chi connectivity index (χ3v) is 5.35. The number of rotatable bonds is 22. The average Bonchev–Trinajstić information content (AvgIpc) is 2.73. The first-order valence-corrected chi connectivity index (χ1v) is 12.3. The monoisotopic (exact) mass is 412 g/mol. The molecule has 0 bridgehead atoms. The summed E-state index contributed by atoms with van der Waals surface area (Å²) in [5.74, 6) is -0.320. The van der Waals surface area contributed by atoms with E-state index in [0.29, 0.717) is 6.42 Å². The first kappa shape index (κ1) is 28.1. The van der Waals surface area contributed by atoms with Crippen molar-refractivity contribution in [2.45, 2.75) is 129 Å². The number of ether oxygens (including phenoxy) is 1. The topological polar surface area (TPSA) is 66.8 Å². The Morgan fingerprint density at radius 1 is 0.690 bits per heavy atom. The Kier molecular flexibility index (Phi) is 22.7. The summed E-state index contributed by atoms with van der Waals surface area (Å²) in [5, 5.41) is 17.7. The number of carbonyl (C=O) groups excluding carboxylic acids is 1. The van der Waals surface area contributed by atoms with E-state index in [-0.39, 0.29) is 19.2 Å². The van der Waals surface area contributed by atoms with Gasteiger partial charge in [-0.3, -0.25) is 4.79 Å². The van der Waals surface area contributed by atoms with E-state index in [2.05, 4.69) is 19.1 Å². The highest BCUT2D eigenvalue weighted by molar-refractivity contribution is 5.69. The van der Waals surface area contributed by atoms with Gasteiger partial charge in [0, 0.05) is 6.42 Å². The van der Waals surface area contributed by atoms with Crippen LogP contribution in [0.3, 0.4) is 0 Å². The molecule has 0 fully saturated rings. The molecule has 0 rings (SSSR count). The molecular weight excluding hydrogens is 364 g/mol. The van der Waals surface area contributed by atoms with Crippen LogP contribution in [0.4, 0.5) is 0 Å². The first-order valence-electron chi connectivity index (χ1n) is 12.3. The summed E-state index contributed by atoms with van der Waals surface area (Å²) in [6.45, 7) is 1.62. The number of aliphatic hydroxyl groups excluding tert-OH is 2. The zero-order valence-corrected chi connectivity index (χ0v) is 19.1. The molecule has 2 N–H and O–H groups in total. The lowest BCUT2D eigenvalue weighted by Gasteiger charge is -2.12. The molecule has 29 heavy (non-hydrogen) atoms. The van der Waals surface area contributed by atoms with Crippen LogP contribution in [0.2, 0.25) is 0 Å². The van der Waals surface area contributed by atoms with E-state index in [1.165, 1.54) is 89.9 Å². The SMILES string of the molecule is CCCCCCCCC=CCCCCCCCCCCCC(=O)OC(CO)CO. The van der Waals surface area contributed by atoms with Crippen LogP contribution >= 0.6 is 0 Å². The van der Waals surface area contributed by atoms with Crippen molar-refractivity contribution in [2.75, 3.05) is 13.2 Å². The maximum absolute atomic E-state index is 11.5. The van der Waals surface area contributed by atoms with Gasteiger partial charge < -0.3 is 14.9 Å². The van der Waals surface area contributed by atoms with E-state index in [0.717, 1.165) is 19.3 Å². The lowest BCUT2D eigenvalue weighted by Crippen LogP contribution is -2.25. The van der Waals surface area contributed by atoms with Gasteiger partial charge in [-0.15, -0.1) is 0 Å². The standard InChI is InChI=1S/C25H48O4/c1-2-3-4-5-6-7-8-9-10-11-12-13-14-15-16-17-18-19-20-21-25(28)29-24(22-26)23-27/h9-10,24,26-27H,2-8,11-23H2,1H3. The molecule has 172 valence electrons. The van der Waals surface area contributed by atoms with Crippen molar-refractivity contribution in [1.82, 2.24) is 0 Å². The molecule has 0 aromatic rings. The highest BCUT2D eigenvalue weighted by Gasteiger charge is 2.11. The number of allylic oxidation sites excluding steroid dienone is 2. The van der Waals surface area contributed by atoms with Crippen molar-refractivity contribution in [2.24, 2.45) is 0 Å². The summed E-state index contributed by atoms with van der Waals surface area (Å²) >= 11 is 0. The summed E-state index contributed by atoms with van der Waals surface area (Å²) in [6, 6.07) is 0. The predicted molar refractivity (Wildman–Crippen MR) is 122 cm³/mol. The maximum Gasteiger partial charge on any atom is 0.306 e. The van der Waals surface area contributed by atoms with E-state index in [1.807, 2.05) is 0 Å². The lowest BCUT2D eigenvalue weighted by molar-refractivity contribution is -0.153. The normalized spacial score (nSPS) is 11.6. The Labute approximate surface area is 180 Å².